The summed E-state index contributed by atoms with van der Waals surface area (Å²) in [6.45, 7) is 5.64. The Kier molecular flexibility index (Phi) is 4.66. The molecule has 0 bridgehead atoms. The Bertz CT molecular complexity index is 1220. The van der Waals surface area contributed by atoms with Crippen molar-refractivity contribution in [1.29, 1.82) is 0 Å². The number of pyridine rings is 1. The maximum Gasteiger partial charge on any atom is 0.325 e. The second kappa shape index (κ2) is 7.16. The van der Waals surface area contributed by atoms with Crippen LogP contribution in [0.15, 0.2) is 42.6 Å². The minimum atomic E-state index is -0.964. The molecule has 1 atom stereocenters. The Morgan fingerprint density at radius 1 is 1.17 bits per heavy atom. The molecule has 7 heteroatoms. The number of H-pyrrole nitrogens is 1. The van der Waals surface area contributed by atoms with Crippen LogP contribution in [0.25, 0.3) is 32.9 Å². The lowest BCUT2D eigenvalue weighted by molar-refractivity contribution is -0.137. The smallest absolute Gasteiger partial charge is 0.325 e. The molecule has 2 heterocycles. The summed E-state index contributed by atoms with van der Waals surface area (Å²) in [7, 11) is 0. The van der Waals surface area contributed by atoms with Crippen LogP contribution in [0.5, 0.6) is 0 Å². The number of nitrogens with one attached hydrogen (secondary N) is 2. The molecule has 0 aliphatic heterocycles. The molecule has 0 fully saturated rings. The number of carboxylic acid groups (broad SMARTS) is 1. The molecule has 0 saturated heterocycles. The van der Waals surface area contributed by atoms with Gasteiger partial charge >= 0.3 is 5.97 Å². The molecule has 4 rings (SSSR count). The molecule has 3 N–H and O–H groups in total. The van der Waals surface area contributed by atoms with E-state index in [9.17, 15) is 14.3 Å². The summed E-state index contributed by atoms with van der Waals surface area (Å²) in [4.78, 5) is 16.2. The topological polar surface area (TPSA) is 90.9 Å². The van der Waals surface area contributed by atoms with E-state index in [1.54, 1.807) is 25.3 Å². The number of halogens is 1. The van der Waals surface area contributed by atoms with Crippen molar-refractivity contribution < 1.29 is 14.3 Å². The lowest BCUT2D eigenvalue weighted by Crippen LogP contribution is -2.27. The summed E-state index contributed by atoms with van der Waals surface area (Å²) >= 11 is 0. The van der Waals surface area contributed by atoms with Crippen LogP contribution in [0, 0.1) is 5.82 Å². The largest absolute Gasteiger partial charge is 0.480 e. The monoisotopic (exact) mass is 392 g/mol. The number of fused-ring (bicyclic) bond motifs is 2. The van der Waals surface area contributed by atoms with Crippen molar-refractivity contribution in [3.05, 3.63) is 54.0 Å². The number of nitrogens with zero attached hydrogens (tertiary/aromatic N) is 2. The van der Waals surface area contributed by atoms with Crippen molar-refractivity contribution >= 4 is 33.6 Å². The molecule has 0 saturated carbocycles. The van der Waals surface area contributed by atoms with Crippen LogP contribution in [0.3, 0.4) is 0 Å². The first kappa shape index (κ1) is 18.9. The Morgan fingerprint density at radius 3 is 2.55 bits per heavy atom. The van der Waals surface area contributed by atoms with Crippen LogP contribution in [0.1, 0.15) is 32.3 Å². The molecular weight excluding hydrogens is 371 g/mol. The third-order valence-electron chi connectivity index (χ3n) is 5.02. The third kappa shape index (κ3) is 3.40. The highest BCUT2D eigenvalue weighted by Gasteiger charge is 2.22. The quantitative estimate of drug-likeness (QED) is 0.448. The highest BCUT2D eigenvalue weighted by molar-refractivity contribution is 6.05. The average Bonchev–Trinajstić information content (AvgIpc) is 3.13. The van der Waals surface area contributed by atoms with Gasteiger partial charge in [0.15, 0.2) is 0 Å². The molecule has 0 radical (unpaired) electrons. The molecular formula is C22H21FN4O2. The minimum absolute atomic E-state index is 0.0514. The van der Waals surface area contributed by atoms with Gasteiger partial charge in [-0.25, -0.2) is 9.37 Å². The van der Waals surface area contributed by atoms with E-state index in [4.69, 9.17) is 4.98 Å². The number of hydrogen-bond donors (Lipinski definition) is 3. The number of hydrogen-bond acceptors (Lipinski definition) is 4. The van der Waals surface area contributed by atoms with Gasteiger partial charge in [0, 0.05) is 16.3 Å². The van der Waals surface area contributed by atoms with Gasteiger partial charge in [0.1, 0.15) is 17.7 Å². The van der Waals surface area contributed by atoms with Crippen molar-refractivity contribution in [2.45, 2.75) is 32.7 Å². The van der Waals surface area contributed by atoms with E-state index in [0.717, 1.165) is 33.0 Å². The zero-order chi connectivity index (χ0) is 20.7. The van der Waals surface area contributed by atoms with Crippen LogP contribution in [0.4, 0.5) is 10.2 Å². The second-order valence-electron chi connectivity index (χ2n) is 7.44. The van der Waals surface area contributed by atoms with Crippen LogP contribution in [-0.2, 0) is 4.79 Å². The van der Waals surface area contributed by atoms with E-state index < -0.39 is 12.0 Å². The van der Waals surface area contributed by atoms with Crippen molar-refractivity contribution in [1.82, 2.24) is 15.2 Å². The summed E-state index contributed by atoms with van der Waals surface area (Å²) in [6, 6.07) is 9.42. The normalized spacial score (nSPS) is 12.6. The zero-order valence-corrected chi connectivity index (χ0v) is 16.3. The fourth-order valence-corrected chi connectivity index (χ4v) is 3.58. The highest BCUT2D eigenvalue weighted by Crippen LogP contribution is 2.40. The summed E-state index contributed by atoms with van der Waals surface area (Å²) in [5.74, 6) is -0.710. The van der Waals surface area contributed by atoms with E-state index in [2.05, 4.69) is 15.5 Å². The molecule has 0 aliphatic carbocycles. The molecule has 6 nitrogen and oxygen atoms in total. The number of aromatic amines is 1. The summed E-state index contributed by atoms with van der Waals surface area (Å²) in [5, 5.41) is 21.3. The van der Waals surface area contributed by atoms with Crippen molar-refractivity contribution in [2.24, 2.45) is 0 Å². The Morgan fingerprint density at radius 2 is 1.90 bits per heavy atom. The van der Waals surface area contributed by atoms with Gasteiger partial charge in [-0.2, -0.15) is 5.10 Å². The van der Waals surface area contributed by atoms with Gasteiger partial charge in [0.05, 0.1) is 17.2 Å². The molecule has 4 aromatic rings. The zero-order valence-electron chi connectivity index (χ0n) is 16.3. The standard InChI is InChI=1S/C22H21FN4O2/c1-11(2)19-20(13-4-6-15(23)7-5-13)16-8-14-10-24-27-17(14)9-18(16)26-21(19)25-12(3)22(28)29/h4-12H,1-3H3,(H,24,27)(H,25,26)(H,28,29). The second-order valence-corrected chi connectivity index (χ2v) is 7.44. The number of aromatic nitrogens is 3. The number of benzene rings is 2. The molecule has 0 spiro atoms. The van der Waals surface area contributed by atoms with E-state index in [1.807, 2.05) is 26.0 Å². The Hall–Kier alpha value is -3.48. The van der Waals surface area contributed by atoms with Gasteiger partial charge < -0.3 is 10.4 Å². The first-order chi connectivity index (χ1) is 13.8. The van der Waals surface area contributed by atoms with Crippen molar-refractivity contribution in [2.75, 3.05) is 5.32 Å². The number of carboxylic acids is 1. The third-order valence-corrected chi connectivity index (χ3v) is 5.02. The lowest BCUT2D eigenvalue weighted by atomic mass is 9.89. The van der Waals surface area contributed by atoms with E-state index >= 15 is 0 Å². The van der Waals surface area contributed by atoms with Gasteiger partial charge in [-0.15, -0.1) is 0 Å². The molecule has 148 valence electrons. The van der Waals surface area contributed by atoms with Gasteiger partial charge in [-0.05, 0) is 48.2 Å². The van der Waals surface area contributed by atoms with Crippen LogP contribution in [-0.4, -0.2) is 32.3 Å². The molecule has 2 aromatic heterocycles. The summed E-state index contributed by atoms with van der Waals surface area (Å²) in [5.41, 5.74) is 4.18. The molecule has 1 unspecified atom stereocenters. The summed E-state index contributed by atoms with van der Waals surface area (Å²) < 4.78 is 13.6. The van der Waals surface area contributed by atoms with Gasteiger partial charge in [-0.1, -0.05) is 26.0 Å². The van der Waals surface area contributed by atoms with Crippen LogP contribution < -0.4 is 5.32 Å². The van der Waals surface area contributed by atoms with E-state index in [1.165, 1.54) is 12.1 Å². The van der Waals surface area contributed by atoms with Crippen LogP contribution >= 0.6 is 0 Å². The predicted molar refractivity (Wildman–Crippen MR) is 112 cm³/mol. The molecule has 2 aromatic carbocycles. The fourth-order valence-electron chi connectivity index (χ4n) is 3.58. The first-order valence-electron chi connectivity index (χ1n) is 9.41. The summed E-state index contributed by atoms with van der Waals surface area (Å²) in [6.07, 6.45) is 1.75. The van der Waals surface area contributed by atoms with Crippen molar-refractivity contribution in [3.63, 3.8) is 0 Å². The maximum atomic E-state index is 13.6. The molecule has 0 amide bonds. The number of rotatable bonds is 5. The Balaban J connectivity index is 2.09. The number of anilines is 1. The van der Waals surface area contributed by atoms with Gasteiger partial charge in [0.2, 0.25) is 0 Å². The maximum absolute atomic E-state index is 13.6. The number of aliphatic carboxylic acids is 1. The SMILES string of the molecule is CC(Nc1nc2cc3[nH]ncc3cc2c(-c2ccc(F)cc2)c1C(C)C)C(=O)O. The fraction of sp³-hybridized carbons (Fsp3) is 0.227. The average molecular weight is 392 g/mol. The Labute approximate surface area is 166 Å². The number of carbonyl (C=O) groups is 1. The van der Waals surface area contributed by atoms with E-state index in [-0.39, 0.29) is 11.7 Å². The van der Waals surface area contributed by atoms with E-state index in [0.29, 0.717) is 11.3 Å². The molecule has 0 aliphatic rings. The van der Waals surface area contributed by atoms with Gasteiger partial charge in [0.25, 0.3) is 0 Å². The highest BCUT2D eigenvalue weighted by atomic mass is 19.1. The van der Waals surface area contributed by atoms with Crippen LogP contribution in [0.2, 0.25) is 0 Å². The minimum Gasteiger partial charge on any atom is -0.480 e. The molecule has 29 heavy (non-hydrogen) atoms. The predicted octanol–water partition coefficient (Wildman–Crippen LogP) is 4.93. The van der Waals surface area contributed by atoms with Gasteiger partial charge in [-0.3, -0.25) is 9.89 Å². The first-order valence-corrected chi connectivity index (χ1v) is 9.41. The lowest BCUT2D eigenvalue weighted by Gasteiger charge is -2.22. The van der Waals surface area contributed by atoms with Crippen molar-refractivity contribution in [3.8, 4) is 11.1 Å².